The average molecular weight is 209 g/mol. The average Bonchev–Trinajstić information content (AvgIpc) is 2.85. The van der Waals surface area contributed by atoms with Gasteiger partial charge in [-0.3, -0.25) is 9.69 Å². The fourth-order valence-electron chi connectivity index (χ4n) is 3.30. The zero-order chi connectivity index (χ0) is 10.3. The third kappa shape index (κ3) is 1.76. The molecule has 3 saturated heterocycles. The molecular weight excluding hydrogens is 190 g/mol. The van der Waals surface area contributed by atoms with Crippen molar-refractivity contribution in [3.63, 3.8) is 0 Å². The van der Waals surface area contributed by atoms with E-state index in [0.717, 1.165) is 12.6 Å². The summed E-state index contributed by atoms with van der Waals surface area (Å²) in [5.41, 5.74) is 0. The predicted molar refractivity (Wildman–Crippen MR) is 57.6 cm³/mol. The number of amides is 1. The molecule has 0 aromatic rings. The van der Waals surface area contributed by atoms with Crippen LogP contribution in [0.25, 0.3) is 0 Å². The summed E-state index contributed by atoms with van der Waals surface area (Å²) in [6, 6.07) is 1.76. The molecule has 4 nitrogen and oxygen atoms in total. The molecule has 3 aliphatic rings. The van der Waals surface area contributed by atoms with Crippen LogP contribution >= 0.6 is 0 Å². The summed E-state index contributed by atoms with van der Waals surface area (Å²) in [7, 11) is 0. The summed E-state index contributed by atoms with van der Waals surface area (Å²) in [5.74, 6) is 0.203. The van der Waals surface area contributed by atoms with Gasteiger partial charge in [-0.15, -0.1) is 0 Å². The fraction of sp³-hybridized carbons (Fsp3) is 0.909. The highest BCUT2D eigenvalue weighted by atomic mass is 16.1. The van der Waals surface area contributed by atoms with E-state index in [1.54, 1.807) is 0 Å². The van der Waals surface area contributed by atoms with Crippen LogP contribution in [0, 0.1) is 0 Å². The van der Waals surface area contributed by atoms with E-state index in [4.69, 9.17) is 0 Å². The van der Waals surface area contributed by atoms with Crippen molar-refractivity contribution in [3.8, 4) is 0 Å². The maximum absolute atomic E-state index is 11.1. The molecule has 3 atom stereocenters. The summed E-state index contributed by atoms with van der Waals surface area (Å²) >= 11 is 0. The van der Waals surface area contributed by atoms with Crippen molar-refractivity contribution in [2.24, 2.45) is 0 Å². The fourth-order valence-corrected chi connectivity index (χ4v) is 3.30. The monoisotopic (exact) mass is 209 g/mol. The SMILES string of the molecule is O=C1CC(NC2CCN3CCCC23)CN1. The van der Waals surface area contributed by atoms with Gasteiger partial charge in [-0.25, -0.2) is 0 Å². The third-order valence-electron chi connectivity index (χ3n) is 4.03. The van der Waals surface area contributed by atoms with Gasteiger partial charge in [0.1, 0.15) is 0 Å². The Morgan fingerprint density at radius 3 is 3.07 bits per heavy atom. The van der Waals surface area contributed by atoms with Crippen molar-refractivity contribution in [3.05, 3.63) is 0 Å². The van der Waals surface area contributed by atoms with Gasteiger partial charge in [0, 0.05) is 37.6 Å². The Labute approximate surface area is 90.4 Å². The number of nitrogens with one attached hydrogen (secondary N) is 2. The first-order chi connectivity index (χ1) is 7.33. The Bertz CT molecular complexity index is 269. The van der Waals surface area contributed by atoms with Crippen LogP contribution in [0.4, 0.5) is 0 Å². The molecule has 0 saturated carbocycles. The summed E-state index contributed by atoms with van der Waals surface area (Å²) in [6.45, 7) is 3.35. The Hall–Kier alpha value is -0.610. The third-order valence-corrected chi connectivity index (χ3v) is 4.03. The van der Waals surface area contributed by atoms with Crippen LogP contribution in [-0.2, 0) is 4.79 Å². The van der Waals surface area contributed by atoms with Crippen molar-refractivity contribution >= 4 is 5.91 Å². The number of hydrogen-bond donors (Lipinski definition) is 2. The van der Waals surface area contributed by atoms with Crippen molar-refractivity contribution in [2.45, 2.75) is 43.8 Å². The van der Waals surface area contributed by atoms with Gasteiger partial charge < -0.3 is 10.6 Å². The van der Waals surface area contributed by atoms with Gasteiger partial charge >= 0.3 is 0 Å². The summed E-state index contributed by atoms with van der Waals surface area (Å²) in [4.78, 5) is 13.7. The zero-order valence-electron chi connectivity index (χ0n) is 9.04. The van der Waals surface area contributed by atoms with Crippen molar-refractivity contribution in [2.75, 3.05) is 19.6 Å². The molecule has 0 radical (unpaired) electrons. The van der Waals surface area contributed by atoms with E-state index in [1.165, 1.54) is 32.4 Å². The molecule has 1 amide bonds. The molecule has 0 aliphatic carbocycles. The number of carbonyl (C=O) groups is 1. The van der Waals surface area contributed by atoms with Crippen molar-refractivity contribution < 1.29 is 4.79 Å². The molecule has 0 spiro atoms. The molecule has 0 aromatic carbocycles. The summed E-state index contributed by atoms with van der Waals surface area (Å²) < 4.78 is 0. The van der Waals surface area contributed by atoms with E-state index >= 15 is 0 Å². The normalized spacial score (nSPS) is 40.8. The van der Waals surface area contributed by atoms with Gasteiger partial charge in [-0.2, -0.15) is 0 Å². The van der Waals surface area contributed by atoms with Crippen LogP contribution in [0.3, 0.4) is 0 Å². The van der Waals surface area contributed by atoms with Crippen LogP contribution in [0.2, 0.25) is 0 Å². The number of fused-ring (bicyclic) bond motifs is 1. The van der Waals surface area contributed by atoms with Gasteiger partial charge in [0.25, 0.3) is 0 Å². The first-order valence-corrected chi connectivity index (χ1v) is 6.10. The molecule has 3 heterocycles. The Kier molecular flexibility index (Phi) is 2.41. The lowest BCUT2D eigenvalue weighted by Crippen LogP contribution is -2.45. The Morgan fingerprint density at radius 2 is 2.27 bits per heavy atom. The predicted octanol–water partition coefficient (Wildman–Crippen LogP) is -0.299. The first-order valence-electron chi connectivity index (χ1n) is 6.10. The van der Waals surface area contributed by atoms with Crippen molar-refractivity contribution in [1.29, 1.82) is 0 Å². The lowest BCUT2D eigenvalue weighted by atomic mass is 10.1. The van der Waals surface area contributed by atoms with Gasteiger partial charge in [0.15, 0.2) is 0 Å². The first kappa shape index (κ1) is 9.60. The molecule has 3 rings (SSSR count). The molecule has 2 N–H and O–H groups in total. The van der Waals surface area contributed by atoms with Crippen molar-refractivity contribution in [1.82, 2.24) is 15.5 Å². The minimum Gasteiger partial charge on any atom is -0.354 e. The van der Waals surface area contributed by atoms with Crippen LogP contribution in [0.15, 0.2) is 0 Å². The van der Waals surface area contributed by atoms with E-state index in [-0.39, 0.29) is 5.91 Å². The molecule has 84 valence electrons. The highest BCUT2D eigenvalue weighted by molar-refractivity contribution is 5.78. The maximum atomic E-state index is 11.1. The second-order valence-corrected chi connectivity index (χ2v) is 5.01. The number of hydrogen-bond acceptors (Lipinski definition) is 3. The standard InChI is InChI=1S/C11H19N3O/c15-11-6-8(7-12-11)13-9-3-5-14-4-1-2-10(9)14/h8-10,13H,1-7H2,(H,12,15). The summed E-state index contributed by atoms with van der Waals surface area (Å²) in [6.07, 6.45) is 4.62. The maximum Gasteiger partial charge on any atom is 0.221 e. The van der Waals surface area contributed by atoms with E-state index in [1.807, 2.05) is 0 Å². The Balaban J connectivity index is 1.57. The highest BCUT2D eigenvalue weighted by Crippen LogP contribution is 2.28. The molecule has 3 fully saturated rings. The highest BCUT2D eigenvalue weighted by Gasteiger charge is 2.38. The largest absolute Gasteiger partial charge is 0.354 e. The van der Waals surface area contributed by atoms with Gasteiger partial charge in [-0.05, 0) is 25.8 Å². The summed E-state index contributed by atoms with van der Waals surface area (Å²) in [5, 5.41) is 6.54. The molecular formula is C11H19N3O. The lowest BCUT2D eigenvalue weighted by molar-refractivity contribution is -0.119. The second kappa shape index (κ2) is 3.76. The van der Waals surface area contributed by atoms with E-state index < -0.39 is 0 Å². The van der Waals surface area contributed by atoms with Crippen LogP contribution in [0.1, 0.15) is 25.7 Å². The molecule has 15 heavy (non-hydrogen) atoms. The molecule has 0 bridgehead atoms. The minimum absolute atomic E-state index is 0.203. The number of nitrogens with zero attached hydrogens (tertiary/aromatic N) is 1. The van der Waals surface area contributed by atoms with Crippen LogP contribution < -0.4 is 10.6 Å². The molecule has 3 aliphatic heterocycles. The van der Waals surface area contributed by atoms with E-state index in [0.29, 0.717) is 18.5 Å². The number of carbonyl (C=O) groups excluding carboxylic acids is 1. The second-order valence-electron chi connectivity index (χ2n) is 5.01. The minimum atomic E-state index is 0.203. The van der Waals surface area contributed by atoms with E-state index in [9.17, 15) is 4.79 Å². The van der Waals surface area contributed by atoms with Crippen LogP contribution in [-0.4, -0.2) is 48.6 Å². The number of rotatable bonds is 2. The lowest BCUT2D eigenvalue weighted by Gasteiger charge is -2.23. The molecule has 0 aromatic heterocycles. The van der Waals surface area contributed by atoms with Gasteiger partial charge in [0.05, 0.1) is 0 Å². The van der Waals surface area contributed by atoms with Crippen LogP contribution in [0.5, 0.6) is 0 Å². The quantitative estimate of drug-likeness (QED) is 0.656. The van der Waals surface area contributed by atoms with E-state index in [2.05, 4.69) is 15.5 Å². The Morgan fingerprint density at radius 1 is 1.33 bits per heavy atom. The smallest absolute Gasteiger partial charge is 0.221 e. The van der Waals surface area contributed by atoms with Gasteiger partial charge in [-0.1, -0.05) is 0 Å². The van der Waals surface area contributed by atoms with Gasteiger partial charge in [0.2, 0.25) is 5.91 Å². The zero-order valence-corrected chi connectivity index (χ0v) is 9.04. The topological polar surface area (TPSA) is 44.4 Å². The molecule has 4 heteroatoms. The molecule has 3 unspecified atom stereocenters.